The summed E-state index contributed by atoms with van der Waals surface area (Å²) < 4.78 is 4.65. The third kappa shape index (κ3) is 3.20. The normalized spacial score (nSPS) is 17.6. The molecule has 1 aromatic carbocycles. The standard InChI is InChI=1S/C14H11Cl2NO2S/c1-19-14(18)8-5-6-11(12(20)7-8)17-13-9(15)3-2-4-10(13)16/h2-7,11,17H,1H3. The number of hydrogen-bond donors (Lipinski definition) is 1. The summed E-state index contributed by atoms with van der Waals surface area (Å²) >= 11 is 17.5. The van der Waals surface area contributed by atoms with Gasteiger partial charge in [-0.05, 0) is 24.3 Å². The number of halogens is 2. The number of anilines is 1. The lowest BCUT2D eigenvalue weighted by molar-refractivity contribution is -0.135. The number of thiocarbonyl (C=S) groups is 1. The molecule has 0 radical (unpaired) electrons. The van der Waals surface area contributed by atoms with Gasteiger partial charge in [0.15, 0.2) is 0 Å². The number of ether oxygens (including phenoxy) is 1. The third-order valence-electron chi connectivity index (χ3n) is 2.76. The number of nitrogens with one attached hydrogen (secondary N) is 1. The van der Waals surface area contributed by atoms with Crippen LogP contribution in [0.25, 0.3) is 0 Å². The Kier molecular flexibility index (Phi) is 4.81. The minimum Gasteiger partial charge on any atom is -0.465 e. The van der Waals surface area contributed by atoms with E-state index in [0.717, 1.165) is 0 Å². The van der Waals surface area contributed by atoms with Crippen LogP contribution in [0.2, 0.25) is 10.0 Å². The third-order valence-corrected chi connectivity index (χ3v) is 3.76. The fraction of sp³-hybridized carbons (Fsp3) is 0.143. The first kappa shape index (κ1) is 15.0. The van der Waals surface area contributed by atoms with Crippen molar-refractivity contribution < 1.29 is 9.53 Å². The minimum atomic E-state index is -0.419. The van der Waals surface area contributed by atoms with Crippen molar-refractivity contribution in [3.05, 3.63) is 52.0 Å². The van der Waals surface area contributed by atoms with Gasteiger partial charge in [-0.15, -0.1) is 0 Å². The Morgan fingerprint density at radius 2 is 2.00 bits per heavy atom. The van der Waals surface area contributed by atoms with Gasteiger partial charge in [-0.3, -0.25) is 0 Å². The Morgan fingerprint density at radius 3 is 2.55 bits per heavy atom. The summed E-state index contributed by atoms with van der Waals surface area (Å²) in [5.41, 5.74) is 1.03. The molecule has 104 valence electrons. The van der Waals surface area contributed by atoms with Crippen molar-refractivity contribution in [2.45, 2.75) is 6.04 Å². The highest BCUT2D eigenvalue weighted by Gasteiger charge is 2.19. The predicted octanol–water partition coefficient (Wildman–Crippen LogP) is 3.81. The number of para-hydroxylation sites is 1. The molecule has 0 aromatic heterocycles. The molecule has 0 saturated heterocycles. The van der Waals surface area contributed by atoms with Gasteiger partial charge >= 0.3 is 5.97 Å². The summed E-state index contributed by atoms with van der Waals surface area (Å²) in [5, 5.41) is 4.18. The van der Waals surface area contributed by atoms with E-state index in [9.17, 15) is 4.79 Å². The van der Waals surface area contributed by atoms with Crippen molar-refractivity contribution in [1.29, 1.82) is 0 Å². The first-order chi connectivity index (χ1) is 9.52. The van der Waals surface area contributed by atoms with Crippen LogP contribution in [0.5, 0.6) is 0 Å². The maximum atomic E-state index is 11.4. The molecule has 1 unspecified atom stereocenters. The predicted molar refractivity (Wildman–Crippen MR) is 85.7 cm³/mol. The number of esters is 1. The van der Waals surface area contributed by atoms with Gasteiger partial charge < -0.3 is 10.1 Å². The summed E-state index contributed by atoms with van der Waals surface area (Å²) in [6.45, 7) is 0. The van der Waals surface area contributed by atoms with Crippen LogP contribution in [0.15, 0.2) is 42.0 Å². The van der Waals surface area contributed by atoms with Crippen molar-refractivity contribution in [2.24, 2.45) is 0 Å². The fourth-order valence-electron chi connectivity index (χ4n) is 1.74. The van der Waals surface area contributed by atoms with Crippen LogP contribution in [0.4, 0.5) is 5.69 Å². The molecule has 1 aromatic rings. The number of methoxy groups -OCH3 is 1. The molecule has 0 heterocycles. The van der Waals surface area contributed by atoms with Crippen LogP contribution in [-0.4, -0.2) is 24.0 Å². The second kappa shape index (κ2) is 6.39. The topological polar surface area (TPSA) is 38.3 Å². The molecule has 1 N–H and O–H groups in total. The van der Waals surface area contributed by atoms with E-state index in [4.69, 9.17) is 35.4 Å². The van der Waals surface area contributed by atoms with Crippen LogP contribution in [0.3, 0.4) is 0 Å². The first-order valence-electron chi connectivity index (χ1n) is 5.75. The van der Waals surface area contributed by atoms with Crippen LogP contribution in [0, 0.1) is 0 Å². The molecule has 1 atom stereocenters. The molecule has 0 aliphatic heterocycles. The van der Waals surface area contributed by atoms with E-state index < -0.39 is 5.97 Å². The Hall–Kier alpha value is -1.36. The monoisotopic (exact) mass is 327 g/mol. The molecule has 1 aliphatic carbocycles. The molecule has 2 rings (SSSR count). The maximum absolute atomic E-state index is 11.4. The molecule has 0 saturated carbocycles. The number of hydrogen-bond acceptors (Lipinski definition) is 4. The van der Waals surface area contributed by atoms with Crippen molar-refractivity contribution in [3.63, 3.8) is 0 Å². The molecule has 6 heteroatoms. The molecule has 0 spiro atoms. The van der Waals surface area contributed by atoms with Crippen molar-refractivity contribution in [3.8, 4) is 0 Å². The molecular weight excluding hydrogens is 317 g/mol. The van der Waals surface area contributed by atoms with E-state index in [1.54, 1.807) is 36.4 Å². The average molecular weight is 328 g/mol. The number of benzene rings is 1. The minimum absolute atomic E-state index is 0.254. The quantitative estimate of drug-likeness (QED) is 0.676. The van der Waals surface area contributed by atoms with E-state index >= 15 is 0 Å². The molecule has 0 fully saturated rings. The van der Waals surface area contributed by atoms with Crippen LogP contribution in [0.1, 0.15) is 0 Å². The second-order valence-corrected chi connectivity index (χ2v) is 5.36. The lowest BCUT2D eigenvalue weighted by Gasteiger charge is -2.20. The van der Waals surface area contributed by atoms with E-state index in [2.05, 4.69) is 10.1 Å². The fourth-order valence-corrected chi connectivity index (χ4v) is 2.51. The zero-order valence-corrected chi connectivity index (χ0v) is 12.9. The Labute approximate surface area is 132 Å². The summed E-state index contributed by atoms with van der Waals surface area (Å²) in [5.74, 6) is -0.419. The SMILES string of the molecule is COC(=O)C1=CC(=S)C(Nc2c(Cl)cccc2Cl)C=C1. The number of rotatable bonds is 3. The first-order valence-corrected chi connectivity index (χ1v) is 6.92. The molecule has 0 bridgehead atoms. The molecular formula is C14H11Cl2NO2S. The van der Waals surface area contributed by atoms with E-state index in [-0.39, 0.29) is 6.04 Å². The lowest BCUT2D eigenvalue weighted by atomic mass is 10.0. The maximum Gasteiger partial charge on any atom is 0.337 e. The molecule has 1 aliphatic rings. The number of carbonyl (C=O) groups is 1. The van der Waals surface area contributed by atoms with Gasteiger partial charge in [0.2, 0.25) is 0 Å². The van der Waals surface area contributed by atoms with E-state index in [1.807, 2.05) is 0 Å². The summed E-state index contributed by atoms with van der Waals surface area (Å²) in [6.07, 6.45) is 5.03. The van der Waals surface area contributed by atoms with Crippen LogP contribution < -0.4 is 5.32 Å². The Balaban J connectivity index is 2.18. The van der Waals surface area contributed by atoms with E-state index in [1.165, 1.54) is 7.11 Å². The highest BCUT2D eigenvalue weighted by atomic mass is 35.5. The largest absolute Gasteiger partial charge is 0.465 e. The number of carbonyl (C=O) groups excluding carboxylic acids is 1. The van der Waals surface area contributed by atoms with Gasteiger partial charge in [0.1, 0.15) is 0 Å². The smallest absolute Gasteiger partial charge is 0.337 e. The lowest BCUT2D eigenvalue weighted by Crippen LogP contribution is -2.28. The van der Waals surface area contributed by atoms with Gasteiger partial charge in [-0.25, -0.2) is 4.79 Å². The average Bonchev–Trinajstić information content (AvgIpc) is 2.43. The Bertz CT molecular complexity index is 605. The van der Waals surface area contributed by atoms with Crippen molar-refractivity contribution in [2.75, 3.05) is 12.4 Å². The summed E-state index contributed by atoms with van der Waals surface area (Å²) in [4.78, 5) is 12.0. The van der Waals surface area contributed by atoms with Crippen molar-refractivity contribution in [1.82, 2.24) is 0 Å². The van der Waals surface area contributed by atoms with Crippen LogP contribution in [-0.2, 0) is 9.53 Å². The van der Waals surface area contributed by atoms with E-state index in [0.29, 0.717) is 26.2 Å². The zero-order chi connectivity index (χ0) is 14.7. The van der Waals surface area contributed by atoms with Gasteiger partial charge in [0.25, 0.3) is 0 Å². The second-order valence-electron chi connectivity index (χ2n) is 4.07. The Morgan fingerprint density at radius 1 is 1.35 bits per heavy atom. The van der Waals surface area contributed by atoms with Gasteiger partial charge in [0, 0.05) is 4.86 Å². The molecule has 20 heavy (non-hydrogen) atoms. The summed E-state index contributed by atoms with van der Waals surface area (Å²) in [7, 11) is 1.33. The van der Waals surface area contributed by atoms with Gasteiger partial charge in [-0.2, -0.15) is 0 Å². The highest BCUT2D eigenvalue weighted by molar-refractivity contribution is 7.81. The molecule has 3 nitrogen and oxygen atoms in total. The summed E-state index contributed by atoms with van der Waals surface area (Å²) in [6, 6.07) is 4.98. The zero-order valence-electron chi connectivity index (χ0n) is 10.5. The van der Waals surface area contributed by atoms with Crippen molar-refractivity contribution >= 4 is 51.9 Å². The van der Waals surface area contributed by atoms with Gasteiger partial charge in [0.05, 0.1) is 34.5 Å². The van der Waals surface area contributed by atoms with Crippen LogP contribution >= 0.6 is 35.4 Å². The molecule has 0 amide bonds. The highest BCUT2D eigenvalue weighted by Crippen LogP contribution is 2.31. The van der Waals surface area contributed by atoms with Gasteiger partial charge in [-0.1, -0.05) is 47.6 Å².